The molecule has 0 aliphatic rings. The summed E-state index contributed by atoms with van der Waals surface area (Å²) in [7, 11) is -3.39. The minimum atomic E-state index is -4.71. The van der Waals surface area contributed by atoms with Gasteiger partial charge in [0.25, 0.3) is 0 Å². The van der Waals surface area contributed by atoms with Gasteiger partial charge in [-0.05, 0) is 12.1 Å². The van der Waals surface area contributed by atoms with Crippen LogP contribution in [0.2, 0.25) is 0 Å². The molecule has 0 atom stereocenters. The molecule has 1 aromatic carbocycles. The summed E-state index contributed by atoms with van der Waals surface area (Å²) in [6.45, 7) is 0. The molecule has 0 aromatic heterocycles. The van der Waals surface area contributed by atoms with Crippen LogP contribution < -0.4 is 14.6 Å². The number of carbonyl (C=O) groups excluding carboxylic acids is 1. The maximum atomic E-state index is 11.1. The first-order chi connectivity index (χ1) is 8.35. The van der Waals surface area contributed by atoms with Gasteiger partial charge in [0.15, 0.2) is 11.5 Å². The van der Waals surface area contributed by atoms with Gasteiger partial charge in [0.2, 0.25) is 5.91 Å². The van der Waals surface area contributed by atoms with Crippen LogP contribution in [0.4, 0.5) is 5.69 Å². The normalized spacial score (nSPS) is 10.9. The third-order valence-corrected chi connectivity index (χ3v) is 2.46. The second-order valence-corrected chi connectivity index (χ2v) is 4.56. The number of hydrogen-bond acceptors (Lipinski definition) is 4. The summed E-state index contributed by atoms with van der Waals surface area (Å²) in [5, 5.41) is 2.41. The number of carbonyl (C=O) groups is 1. The van der Waals surface area contributed by atoms with Crippen molar-refractivity contribution in [3.63, 3.8) is 0 Å². The first-order valence-corrected chi connectivity index (χ1v) is 6.71. The fraction of sp³-hybridized carbons (Fsp3) is 0.222. The van der Waals surface area contributed by atoms with Crippen LogP contribution in [-0.4, -0.2) is 28.7 Å². The predicted molar refractivity (Wildman–Crippen MR) is 65.0 cm³/mol. The van der Waals surface area contributed by atoms with Gasteiger partial charge in [-0.25, -0.2) is 4.57 Å². The predicted octanol–water partition coefficient (Wildman–Crippen LogP) is 1.34. The number of amides is 1. The van der Waals surface area contributed by atoms with E-state index in [-0.39, 0.29) is 23.1 Å². The molecule has 0 saturated heterocycles. The van der Waals surface area contributed by atoms with Crippen LogP contribution in [0.3, 0.4) is 0 Å². The Morgan fingerprint density at radius 3 is 2.61 bits per heavy atom. The van der Waals surface area contributed by atoms with Gasteiger partial charge in [-0.15, -0.1) is 11.6 Å². The monoisotopic (exact) mass is 295 g/mol. The molecule has 1 rings (SSSR count). The Labute approximate surface area is 108 Å². The molecule has 7 nitrogen and oxygen atoms in total. The van der Waals surface area contributed by atoms with Crippen molar-refractivity contribution in [1.29, 1.82) is 0 Å². The number of anilines is 1. The molecule has 18 heavy (non-hydrogen) atoms. The first kappa shape index (κ1) is 14.8. The molecule has 1 amide bonds. The largest absolute Gasteiger partial charge is 0.524 e. The topological polar surface area (TPSA) is 105 Å². The van der Waals surface area contributed by atoms with E-state index in [4.69, 9.17) is 26.1 Å². The highest BCUT2D eigenvalue weighted by atomic mass is 35.5. The third-order valence-electron chi connectivity index (χ3n) is 1.79. The van der Waals surface area contributed by atoms with Gasteiger partial charge in [-0.2, -0.15) is 0 Å². The fourth-order valence-electron chi connectivity index (χ4n) is 1.15. The second-order valence-electron chi connectivity index (χ2n) is 3.13. The van der Waals surface area contributed by atoms with Crippen molar-refractivity contribution in [3.05, 3.63) is 18.2 Å². The minimum Gasteiger partial charge on any atom is -0.493 e. The van der Waals surface area contributed by atoms with Crippen molar-refractivity contribution in [2.45, 2.75) is 0 Å². The van der Waals surface area contributed by atoms with Gasteiger partial charge in [0, 0.05) is 11.8 Å². The van der Waals surface area contributed by atoms with E-state index in [1.54, 1.807) is 0 Å². The van der Waals surface area contributed by atoms with E-state index in [2.05, 4.69) is 9.84 Å². The Morgan fingerprint density at radius 2 is 2.11 bits per heavy atom. The lowest BCUT2D eigenvalue weighted by Crippen LogP contribution is -2.12. The molecule has 9 heteroatoms. The van der Waals surface area contributed by atoms with Crippen LogP contribution in [0.1, 0.15) is 0 Å². The molecule has 0 unspecified atom stereocenters. The minimum absolute atomic E-state index is 0.127. The zero-order valence-corrected chi connectivity index (χ0v) is 10.9. The summed E-state index contributed by atoms with van der Waals surface area (Å²) in [4.78, 5) is 28.5. The van der Waals surface area contributed by atoms with Gasteiger partial charge in [-0.1, -0.05) is 0 Å². The Balaban J connectivity index is 3.01. The molecule has 0 spiro atoms. The number of benzene rings is 1. The molecule has 0 fully saturated rings. The maximum absolute atomic E-state index is 11.1. The van der Waals surface area contributed by atoms with Gasteiger partial charge in [0.05, 0.1) is 7.11 Å². The highest BCUT2D eigenvalue weighted by Gasteiger charge is 2.19. The number of nitrogens with one attached hydrogen (secondary N) is 1. The Kier molecular flexibility index (Phi) is 4.98. The summed E-state index contributed by atoms with van der Waals surface area (Å²) >= 11 is 5.31. The number of phosphoric ester groups is 1. The molecule has 0 radical (unpaired) electrons. The van der Waals surface area contributed by atoms with E-state index >= 15 is 0 Å². The lowest BCUT2D eigenvalue weighted by Gasteiger charge is -2.12. The number of alkyl halides is 1. The standard InChI is InChI=1S/C9H11ClNO6P/c1-16-7-3-2-6(11-9(12)5-10)4-8(7)17-18(13,14)15/h2-4H,5H2,1H3,(H,11,12)(H2,13,14,15). The highest BCUT2D eigenvalue weighted by molar-refractivity contribution is 7.46. The van der Waals surface area contributed by atoms with Crippen molar-refractivity contribution < 1.29 is 28.4 Å². The highest BCUT2D eigenvalue weighted by Crippen LogP contribution is 2.42. The molecular formula is C9H11ClNO6P. The zero-order valence-electron chi connectivity index (χ0n) is 9.29. The number of phosphoric acid groups is 1. The molecule has 100 valence electrons. The first-order valence-electron chi connectivity index (χ1n) is 4.64. The van der Waals surface area contributed by atoms with Crippen LogP contribution in [0, 0.1) is 0 Å². The summed E-state index contributed by atoms with van der Waals surface area (Å²) < 4.78 is 20.1. The van der Waals surface area contributed by atoms with Gasteiger partial charge in [0.1, 0.15) is 5.88 Å². The second kappa shape index (κ2) is 6.06. The maximum Gasteiger partial charge on any atom is 0.524 e. The summed E-state index contributed by atoms with van der Waals surface area (Å²) in [5.74, 6) is -0.745. The van der Waals surface area contributed by atoms with E-state index in [9.17, 15) is 9.36 Å². The summed E-state index contributed by atoms with van der Waals surface area (Å²) in [6, 6.07) is 4.10. The average Bonchev–Trinajstić information content (AvgIpc) is 2.27. The van der Waals surface area contributed by atoms with Crippen molar-refractivity contribution in [1.82, 2.24) is 0 Å². The molecule has 0 saturated carbocycles. The zero-order chi connectivity index (χ0) is 13.8. The van der Waals surface area contributed by atoms with Crippen LogP contribution in [0.15, 0.2) is 18.2 Å². The summed E-state index contributed by atoms with van der Waals surface area (Å²) in [6.07, 6.45) is 0. The lowest BCUT2D eigenvalue weighted by molar-refractivity contribution is -0.113. The number of ether oxygens (including phenoxy) is 1. The quantitative estimate of drug-likeness (QED) is 0.559. The van der Waals surface area contributed by atoms with Crippen LogP contribution in [-0.2, 0) is 9.36 Å². The van der Waals surface area contributed by atoms with E-state index in [1.165, 1.54) is 25.3 Å². The van der Waals surface area contributed by atoms with Gasteiger partial charge < -0.3 is 14.6 Å². The van der Waals surface area contributed by atoms with E-state index in [0.717, 1.165) is 0 Å². The molecule has 1 aromatic rings. The number of methoxy groups -OCH3 is 1. The molecule has 3 N–H and O–H groups in total. The molecule has 0 aliphatic heterocycles. The van der Waals surface area contributed by atoms with Gasteiger partial charge in [-0.3, -0.25) is 14.6 Å². The van der Waals surface area contributed by atoms with Crippen molar-refractivity contribution >= 4 is 31.0 Å². The molecule has 0 bridgehead atoms. The van der Waals surface area contributed by atoms with E-state index < -0.39 is 13.7 Å². The number of halogens is 1. The lowest BCUT2D eigenvalue weighted by atomic mass is 10.3. The molecule has 0 heterocycles. The third kappa shape index (κ3) is 4.54. The summed E-state index contributed by atoms with van der Waals surface area (Å²) in [5.41, 5.74) is 0.282. The average molecular weight is 296 g/mol. The van der Waals surface area contributed by atoms with Crippen molar-refractivity contribution in [2.24, 2.45) is 0 Å². The molecule has 0 aliphatic carbocycles. The van der Waals surface area contributed by atoms with Crippen LogP contribution in [0.25, 0.3) is 0 Å². The fourth-order valence-corrected chi connectivity index (χ4v) is 1.61. The van der Waals surface area contributed by atoms with Crippen molar-refractivity contribution in [2.75, 3.05) is 18.3 Å². The molecular weight excluding hydrogens is 285 g/mol. The number of hydrogen-bond donors (Lipinski definition) is 3. The van der Waals surface area contributed by atoms with E-state index in [1.807, 2.05) is 0 Å². The van der Waals surface area contributed by atoms with Crippen molar-refractivity contribution in [3.8, 4) is 11.5 Å². The smallest absolute Gasteiger partial charge is 0.493 e. The van der Waals surface area contributed by atoms with Gasteiger partial charge >= 0.3 is 7.82 Å². The Bertz CT molecular complexity index is 488. The Hall–Kier alpha value is -1.27. The Morgan fingerprint density at radius 1 is 1.44 bits per heavy atom. The van der Waals surface area contributed by atoms with E-state index in [0.29, 0.717) is 0 Å². The SMILES string of the molecule is COc1ccc(NC(=O)CCl)cc1OP(=O)(O)O. The number of rotatable bonds is 5. The van der Waals surface area contributed by atoms with Crippen LogP contribution >= 0.6 is 19.4 Å². The van der Waals surface area contributed by atoms with Crippen LogP contribution in [0.5, 0.6) is 11.5 Å².